The van der Waals surface area contributed by atoms with Crippen LogP contribution in [0.2, 0.25) is 0 Å². The van der Waals surface area contributed by atoms with E-state index in [2.05, 4.69) is 17.1 Å². The van der Waals surface area contributed by atoms with E-state index in [-0.39, 0.29) is 5.82 Å². The molecule has 3 heteroatoms. The Labute approximate surface area is 115 Å². The van der Waals surface area contributed by atoms with E-state index in [0.717, 1.165) is 17.9 Å². The molecule has 3 fully saturated rings. The van der Waals surface area contributed by atoms with Gasteiger partial charge in [0.15, 0.2) is 0 Å². The Balaban J connectivity index is 1.55. The Morgan fingerprint density at radius 2 is 2.16 bits per heavy atom. The van der Waals surface area contributed by atoms with Gasteiger partial charge in [0.05, 0.1) is 0 Å². The fourth-order valence-corrected chi connectivity index (χ4v) is 3.60. The Kier molecular flexibility index (Phi) is 3.85. The molecule has 3 heterocycles. The predicted molar refractivity (Wildman–Crippen MR) is 75.7 cm³/mol. The fourth-order valence-electron chi connectivity index (χ4n) is 3.60. The highest BCUT2D eigenvalue weighted by Gasteiger charge is 2.34. The second kappa shape index (κ2) is 5.59. The molecule has 19 heavy (non-hydrogen) atoms. The summed E-state index contributed by atoms with van der Waals surface area (Å²) in [7, 11) is 0. The summed E-state index contributed by atoms with van der Waals surface area (Å²) < 4.78 is 13.2. The Hall–Kier alpha value is -0.930. The molecule has 1 N–H and O–H groups in total. The fraction of sp³-hybridized carbons (Fsp3) is 0.625. The molecular formula is C16H23FN2. The van der Waals surface area contributed by atoms with Crippen LogP contribution < -0.4 is 5.32 Å². The van der Waals surface area contributed by atoms with Crippen LogP contribution in [0.1, 0.15) is 25.3 Å². The van der Waals surface area contributed by atoms with Crippen LogP contribution >= 0.6 is 0 Å². The molecule has 0 radical (unpaired) electrons. The number of fused-ring (bicyclic) bond motifs is 3. The maximum Gasteiger partial charge on any atom is 0.123 e. The van der Waals surface area contributed by atoms with Crippen molar-refractivity contribution >= 4 is 0 Å². The Morgan fingerprint density at radius 1 is 1.37 bits per heavy atom. The number of piperidine rings is 3. The maximum absolute atomic E-state index is 13.2. The van der Waals surface area contributed by atoms with Gasteiger partial charge in [0, 0.05) is 18.6 Å². The minimum Gasteiger partial charge on any atom is -0.310 e. The monoisotopic (exact) mass is 262 g/mol. The van der Waals surface area contributed by atoms with Crippen LogP contribution in [0.25, 0.3) is 0 Å². The van der Waals surface area contributed by atoms with E-state index in [1.165, 1.54) is 38.5 Å². The lowest BCUT2D eigenvalue weighted by Gasteiger charge is -2.46. The van der Waals surface area contributed by atoms with Crippen molar-refractivity contribution in [2.45, 2.75) is 38.3 Å². The molecule has 2 bridgehead atoms. The lowest BCUT2D eigenvalue weighted by molar-refractivity contribution is 0.0680. The van der Waals surface area contributed by atoms with Crippen LogP contribution in [0.15, 0.2) is 24.3 Å². The van der Waals surface area contributed by atoms with E-state index in [0.29, 0.717) is 12.1 Å². The topological polar surface area (TPSA) is 15.3 Å². The molecular weight excluding hydrogens is 239 g/mol. The quantitative estimate of drug-likeness (QED) is 0.896. The number of hydrogen-bond donors (Lipinski definition) is 1. The van der Waals surface area contributed by atoms with Crippen molar-refractivity contribution in [3.8, 4) is 0 Å². The highest BCUT2D eigenvalue weighted by atomic mass is 19.1. The van der Waals surface area contributed by atoms with Crippen molar-refractivity contribution < 1.29 is 4.39 Å². The number of benzene rings is 1. The summed E-state index contributed by atoms with van der Waals surface area (Å²) in [6.07, 6.45) is 3.58. The number of nitrogens with zero attached hydrogens (tertiary/aromatic N) is 1. The third-order valence-corrected chi connectivity index (χ3v) is 4.59. The lowest BCUT2D eigenvalue weighted by Crippen LogP contribution is -2.57. The number of hydrogen-bond acceptors (Lipinski definition) is 2. The summed E-state index contributed by atoms with van der Waals surface area (Å²) in [5.41, 5.74) is 1.08. The van der Waals surface area contributed by atoms with Crippen molar-refractivity contribution in [3.05, 3.63) is 35.6 Å². The van der Waals surface area contributed by atoms with E-state index < -0.39 is 0 Å². The van der Waals surface area contributed by atoms with Gasteiger partial charge >= 0.3 is 0 Å². The molecule has 0 aromatic heterocycles. The van der Waals surface area contributed by atoms with Crippen LogP contribution in [-0.4, -0.2) is 36.6 Å². The van der Waals surface area contributed by atoms with Crippen molar-refractivity contribution in [2.24, 2.45) is 5.92 Å². The van der Waals surface area contributed by atoms with Gasteiger partial charge in [-0.05, 0) is 62.9 Å². The molecule has 0 amide bonds. The van der Waals surface area contributed by atoms with Crippen molar-refractivity contribution in [1.29, 1.82) is 0 Å². The zero-order valence-electron chi connectivity index (χ0n) is 11.6. The number of halogens is 1. The highest BCUT2D eigenvalue weighted by Crippen LogP contribution is 2.27. The molecule has 4 rings (SSSR count). The molecule has 2 nitrogen and oxygen atoms in total. The minimum absolute atomic E-state index is 0.132. The molecule has 104 valence electrons. The van der Waals surface area contributed by atoms with Gasteiger partial charge in [-0.25, -0.2) is 4.39 Å². The first kappa shape index (κ1) is 13.1. The molecule has 3 aliphatic rings. The van der Waals surface area contributed by atoms with Crippen LogP contribution in [0.5, 0.6) is 0 Å². The molecule has 1 aromatic rings. The number of nitrogens with one attached hydrogen (secondary N) is 1. The zero-order valence-corrected chi connectivity index (χ0v) is 11.6. The standard InChI is InChI=1S/C16H23FN2/c1-12(9-13-3-2-4-15(17)10-13)18-16-11-19-7-5-14(16)6-8-19/h2-4,10,12,14,16,18H,5-9,11H2,1H3. The summed E-state index contributed by atoms with van der Waals surface area (Å²) in [6, 6.07) is 8.01. The van der Waals surface area contributed by atoms with Gasteiger partial charge in [-0.2, -0.15) is 0 Å². The Morgan fingerprint density at radius 3 is 2.79 bits per heavy atom. The molecule has 2 unspecified atom stereocenters. The van der Waals surface area contributed by atoms with Gasteiger partial charge in [-0.15, -0.1) is 0 Å². The molecule has 3 saturated heterocycles. The van der Waals surface area contributed by atoms with Gasteiger partial charge in [-0.1, -0.05) is 12.1 Å². The van der Waals surface area contributed by atoms with Crippen molar-refractivity contribution in [2.75, 3.05) is 19.6 Å². The SMILES string of the molecule is CC(Cc1cccc(F)c1)NC1CN2CCC1CC2. The van der Waals surface area contributed by atoms with Crippen LogP contribution in [-0.2, 0) is 6.42 Å². The highest BCUT2D eigenvalue weighted by molar-refractivity contribution is 5.17. The summed E-state index contributed by atoms with van der Waals surface area (Å²) in [5, 5.41) is 3.75. The summed E-state index contributed by atoms with van der Waals surface area (Å²) >= 11 is 0. The van der Waals surface area contributed by atoms with Gasteiger partial charge in [0.25, 0.3) is 0 Å². The second-order valence-electron chi connectivity index (χ2n) is 6.15. The third kappa shape index (κ3) is 3.15. The maximum atomic E-state index is 13.2. The van der Waals surface area contributed by atoms with Gasteiger partial charge in [-0.3, -0.25) is 0 Å². The first-order valence-electron chi connectivity index (χ1n) is 7.43. The minimum atomic E-state index is -0.132. The summed E-state index contributed by atoms with van der Waals surface area (Å²) in [4.78, 5) is 2.56. The molecule has 2 atom stereocenters. The van der Waals surface area contributed by atoms with E-state index >= 15 is 0 Å². The van der Waals surface area contributed by atoms with Crippen LogP contribution in [0, 0.1) is 11.7 Å². The van der Waals surface area contributed by atoms with Crippen LogP contribution in [0.3, 0.4) is 0 Å². The molecule has 0 saturated carbocycles. The van der Waals surface area contributed by atoms with E-state index in [4.69, 9.17) is 0 Å². The summed E-state index contributed by atoms with van der Waals surface area (Å²) in [5.74, 6) is 0.715. The van der Waals surface area contributed by atoms with E-state index in [1.807, 2.05) is 6.07 Å². The van der Waals surface area contributed by atoms with Gasteiger partial charge in [0.2, 0.25) is 0 Å². The van der Waals surface area contributed by atoms with E-state index in [9.17, 15) is 4.39 Å². The normalized spacial score (nSPS) is 31.4. The molecule has 1 aromatic carbocycles. The van der Waals surface area contributed by atoms with E-state index in [1.54, 1.807) is 12.1 Å². The number of rotatable bonds is 4. The predicted octanol–water partition coefficient (Wildman–Crippen LogP) is 2.44. The lowest BCUT2D eigenvalue weighted by atomic mass is 9.83. The Bertz CT molecular complexity index is 427. The van der Waals surface area contributed by atoms with Crippen molar-refractivity contribution in [3.63, 3.8) is 0 Å². The first-order chi connectivity index (χ1) is 9.20. The first-order valence-corrected chi connectivity index (χ1v) is 7.43. The largest absolute Gasteiger partial charge is 0.310 e. The average Bonchev–Trinajstić information content (AvgIpc) is 2.40. The van der Waals surface area contributed by atoms with Crippen LogP contribution in [0.4, 0.5) is 4.39 Å². The third-order valence-electron chi connectivity index (χ3n) is 4.59. The smallest absolute Gasteiger partial charge is 0.123 e. The zero-order chi connectivity index (χ0) is 13.2. The molecule has 3 aliphatic heterocycles. The van der Waals surface area contributed by atoms with Gasteiger partial charge < -0.3 is 10.2 Å². The van der Waals surface area contributed by atoms with Crippen molar-refractivity contribution in [1.82, 2.24) is 10.2 Å². The average molecular weight is 262 g/mol. The molecule has 0 aliphatic carbocycles. The summed E-state index contributed by atoms with van der Waals surface area (Å²) in [6.45, 7) is 5.96. The second-order valence-corrected chi connectivity index (χ2v) is 6.15. The molecule has 0 spiro atoms. The van der Waals surface area contributed by atoms with Gasteiger partial charge in [0.1, 0.15) is 5.82 Å².